The summed E-state index contributed by atoms with van der Waals surface area (Å²) in [4.78, 5) is 0. The minimum atomic E-state index is -0.302. The maximum absolute atomic E-state index is 13.1. The average molecular weight is 239 g/mol. The predicted molar refractivity (Wildman–Crippen MR) is 63.2 cm³/mol. The van der Waals surface area contributed by atoms with Crippen LogP contribution >= 0.6 is 0 Å². The third kappa shape index (κ3) is 3.68. The third-order valence-corrected chi connectivity index (χ3v) is 2.81. The molecule has 17 heavy (non-hydrogen) atoms. The molecule has 1 aromatic rings. The van der Waals surface area contributed by atoms with Crippen molar-refractivity contribution < 1.29 is 13.9 Å². The van der Waals surface area contributed by atoms with Crippen LogP contribution in [0.2, 0.25) is 0 Å². The van der Waals surface area contributed by atoms with E-state index in [1.165, 1.54) is 25.0 Å². The molecule has 0 heterocycles. The standard InChI is InChI=1S/C13H18FNO2/c1-9(15)12-6-11(14)4-5-13(12)17-8-16-7-10-2-3-10/h4-6,9-10H,2-3,7-8,15H2,1H3. The minimum Gasteiger partial charge on any atom is -0.467 e. The van der Waals surface area contributed by atoms with Crippen LogP contribution in [0, 0.1) is 11.7 Å². The molecule has 1 aliphatic carbocycles. The Morgan fingerprint density at radius 3 is 2.88 bits per heavy atom. The maximum atomic E-state index is 13.1. The Morgan fingerprint density at radius 2 is 2.24 bits per heavy atom. The van der Waals surface area contributed by atoms with E-state index >= 15 is 0 Å². The van der Waals surface area contributed by atoms with E-state index in [2.05, 4.69) is 0 Å². The molecule has 0 amide bonds. The second-order valence-electron chi connectivity index (χ2n) is 4.55. The summed E-state index contributed by atoms with van der Waals surface area (Å²) in [6.45, 7) is 2.74. The van der Waals surface area contributed by atoms with Gasteiger partial charge in [0, 0.05) is 11.6 Å². The van der Waals surface area contributed by atoms with Crippen LogP contribution in [-0.4, -0.2) is 13.4 Å². The Balaban J connectivity index is 1.89. The monoisotopic (exact) mass is 239 g/mol. The van der Waals surface area contributed by atoms with Gasteiger partial charge < -0.3 is 15.2 Å². The SMILES string of the molecule is CC(N)c1cc(F)ccc1OCOCC1CC1. The van der Waals surface area contributed by atoms with Crippen LogP contribution in [0.25, 0.3) is 0 Å². The molecule has 0 aliphatic heterocycles. The molecule has 0 aromatic heterocycles. The van der Waals surface area contributed by atoms with Crippen molar-refractivity contribution in [2.75, 3.05) is 13.4 Å². The normalized spacial score (nSPS) is 16.9. The molecule has 1 aliphatic rings. The summed E-state index contributed by atoms with van der Waals surface area (Å²) in [6, 6.07) is 4.10. The predicted octanol–water partition coefficient (Wildman–Crippen LogP) is 2.61. The molecule has 0 bridgehead atoms. The van der Waals surface area contributed by atoms with Gasteiger partial charge in [0.05, 0.1) is 6.61 Å². The molecular weight excluding hydrogens is 221 g/mol. The van der Waals surface area contributed by atoms with Gasteiger partial charge in [0.15, 0.2) is 6.79 Å². The number of benzene rings is 1. The minimum absolute atomic E-state index is 0.196. The molecule has 3 nitrogen and oxygen atoms in total. The largest absolute Gasteiger partial charge is 0.467 e. The number of hydrogen-bond donors (Lipinski definition) is 1. The topological polar surface area (TPSA) is 44.5 Å². The van der Waals surface area contributed by atoms with Crippen molar-refractivity contribution >= 4 is 0 Å². The van der Waals surface area contributed by atoms with Gasteiger partial charge in [0.2, 0.25) is 0 Å². The van der Waals surface area contributed by atoms with E-state index in [0.29, 0.717) is 17.2 Å². The van der Waals surface area contributed by atoms with Gasteiger partial charge in [-0.2, -0.15) is 0 Å². The molecule has 1 saturated carbocycles. The highest BCUT2D eigenvalue weighted by Gasteiger charge is 2.21. The van der Waals surface area contributed by atoms with E-state index in [1.807, 2.05) is 0 Å². The van der Waals surface area contributed by atoms with Crippen molar-refractivity contribution in [3.8, 4) is 5.75 Å². The lowest BCUT2D eigenvalue weighted by Gasteiger charge is -2.14. The molecule has 4 heteroatoms. The zero-order valence-electron chi connectivity index (χ0n) is 9.99. The van der Waals surface area contributed by atoms with Gasteiger partial charge in [-0.3, -0.25) is 0 Å². The maximum Gasteiger partial charge on any atom is 0.189 e. The van der Waals surface area contributed by atoms with E-state index in [4.69, 9.17) is 15.2 Å². The summed E-state index contributed by atoms with van der Waals surface area (Å²) in [7, 11) is 0. The average Bonchev–Trinajstić information content (AvgIpc) is 3.09. The molecular formula is C13H18FNO2. The van der Waals surface area contributed by atoms with Crippen LogP contribution in [0.15, 0.2) is 18.2 Å². The fourth-order valence-electron chi connectivity index (χ4n) is 1.61. The number of rotatable bonds is 6. The fourth-order valence-corrected chi connectivity index (χ4v) is 1.61. The van der Waals surface area contributed by atoms with Crippen molar-refractivity contribution in [3.05, 3.63) is 29.6 Å². The number of nitrogens with two attached hydrogens (primary N) is 1. The second kappa shape index (κ2) is 5.47. The van der Waals surface area contributed by atoms with Crippen LogP contribution in [0.1, 0.15) is 31.4 Å². The summed E-state index contributed by atoms with van der Waals surface area (Å²) in [6.07, 6.45) is 2.50. The molecule has 1 aromatic carbocycles. The Labute approximate surface area is 101 Å². The Kier molecular flexibility index (Phi) is 3.97. The van der Waals surface area contributed by atoms with E-state index < -0.39 is 0 Å². The van der Waals surface area contributed by atoms with Crippen LogP contribution < -0.4 is 10.5 Å². The van der Waals surface area contributed by atoms with Gasteiger partial charge in [0.1, 0.15) is 11.6 Å². The van der Waals surface area contributed by atoms with Crippen molar-refractivity contribution in [1.29, 1.82) is 0 Å². The van der Waals surface area contributed by atoms with E-state index in [9.17, 15) is 4.39 Å². The Hall–Kier alpha value is -1.13. The van der Waals surface area contributed by atoms with Gasteiger partial charge >= 0.3 is 0 Å². The molecule has 0 spiro atoms. The molecule has 0 radical (unpaired) electrons. The van der Waals surface area contributed by atoms with Gasteiger partial charge in [-0.1, -0.05) is 0 Å². The first kappa shape index (κ1) is 12.3. The Bertz CT molecular complexity index is 378. The van der Waals surface area contributed by atoms with Crippen LogP contribution in [-0.2, 0) is 4.74 Å². The van der Waals surface area contributed by atoms with Crippen LogP contribution in [0.3, 0.4) is 0 Å². The summed E-state index contributed by atoms with van der Waals surface area (Å²) >= 11 is 0. The molecule has 0 saturated heterocycles. The summed E-state index contributed by atoms with van der Waals surface area (Å²) in [5.74, 6) is 1.00. The van der Waals surface area contributed by atoms with Gasteiger partial charge in [0.25, 0.3) is 0 Å². The Morgan fingerprint density at radius 1 is 1.47 bits per heavy atom. The zero-order chi connectivity index (χ0) is 12.3. The van der Waals surface area contributed by atoms with E-state index in [0.717, 1.165) is 6.61 Å². The second-order valence-corrected chi connectivity index (χ2v) is 4.55. The third-order valence-electron chi connectivity index (χ3n) is 2.81. The van der Waals surface area contributed by atoms with Gasteiger partial charge in [-0.15, -0.1) is 0 Å². The molecule has 94 valence electrons. The number of ether oxygens (including phenoxy) is 2. The molecule has 1 fully saturated rings. The summed E-state index contributed by atoms with van der Waals surface area (Å²) < 4.78 is 23.9. The smallest absolute Gasteiger partial charge is 0.189 e. The number of hydrogen-bond acceptors (Lipinski definition) is 3. The van der Waals surface area contributed by atoms with Crippen molar-refractivity contribution in [2.24, 2.45) is 11.7 Å². The molecule has 2 rings (SSSR count). The highest BCUT2D eigenvalue weighted by Crippen LogP contribution is 2.29. The molecule has 1 atom stereocenters. The lowest BCUT2D eigenvalue weighted by atomic mass is 10.1. The number of halogens is 1. The lowest BCUT2D eigenvalue weighted by Crippen LogP contribution is -2.11. The molecule has 1 unspecified atom stereocenters. The highest BCUT2D eigenvalue weighted by atomic mass is 19.1. The van der Waals surface area contributed by atoms with Crippen LogP contribution in [0.4, 0.5) is 4.39 Å². The first-order chi connectivity index (χ1) is 8.16. The van der Waals surface area contributed by atoms with Crippen molar-refractivity contribution in [3.63, 3.8) is 0 Å². The summed E-state index contributed by atoms with van der Waals surface area (Å²) in [5, 5.41) is 0. The highest BCUT2D eigenvalue weighted by molar-refractivity contribution is 5.35. The van der Waals surface area contributed by atoms with E-state index in [-0.39, 0.29) is 18.7 Å². The van der Waals surface area contributed by atoms with Crippen molar-refractivity contribution in [1.82, 2.24) is 0 Å². The first-order valence-electron chi connectivity index (χ1n) is 5.92. The summed E-state index contributed by atoms with van der Waals surface area (Å²) in [5.41, 5.74) is 6.43. The zero-order valence-corrected chi connectivity index (χ0v) is 9.99. The van der Waals surface area contributed by atoms with Gasteiger partial charge in [-0.05, 0) is 43.9 Å². The van der Waals surface area contributed by atoms with Crippen LogP contribution in [0.5, 0.6) is 5.75 Å². The first-order valence-corrected chi connectivity index (χ1v) is 5.92. The molecule has 2 N–H and O–H groups in total. The lowest BCUT2D eigenvalue weighted by molar-refractivity contribution is 0.00929. The quantitative estimate of drug-likeness (QED) is 0.613. The van der Waals surface area contributed by atoms with E-state index in [1.54, 1.807) is 13.0 Å². The fraction of sp³-hybridized carbons (Fsp3) is 0.538. The van der Waals surface area contributed by atoms with Crippen molar-refractivity contribution in [2.45, 2.75) is 25.8 Å². The van der Waals surface area contributed by atoms with Gasteiger partial charge in [-0.25, -0.2) is 4.39 Å².